The van der Waals surface area contributed by atoms with Crippen LogP contribution in [-0.4, -0.2) is 50.6 Å². The Kier molecular flexibility index (Phi) is 5.19. The Balaban J connectivity index is 1.09. The molecule has 35 heavy (non-hydrogen) atoms. The van der Waals surface area contributed by atoms with Crippen LogP contribution in [0.15, 0.2) is 35.5 Å². The van der Waals surface area contributed by atoms with E-state index < -0.39 is 0 Å². The molecular formula is C26H31N5O4. The smallest absolute Gasteiger partial charge is 0.410 e. The first-order chi connectivity index (χ1) is 16.8. The number of hydrogen-bond donors (Lipinski definition) is 1. The summed E-state index contributed by atoms with van der Waals surface area (Å²) in [5.74, 6) is 1.58. The highest BCUT2D eigenvalue weighted by molar-refractivity contribution is 5.81. The summed E-state index contributed by atoms with van der Waals surface area (Å²) in [6, 6.07) is 3.43. The Morgan fingerprint density at radius 2 is 1.83 bits per heavy atom. The number of amides is 2. The van der Waals surface area contributed by atoms with Gasteiger partial charge in [0.25, 0.3) is 5.56 Å². The van der Waals surface area contributed by atoms with Crippen LogP contribution >= 0.6 is 0 Å². The number of aryl methyl sites for hydroxylation is 1. The molecule has 5 fully saturated rings. The Morgan fingerprint density at radius 1 is 1.11 bits per heavy atom. The summed E-state index contributed by atoms with van der Waals surface area (Å²) >= 11 is 0. The lowest BCUT2D eigenvalue weighted by Crippen LogP contribution is -2.59. The first-order valence-corrected chi connectivity index (χ1v) is 12.6. The topological polar surface area (TPSA) is 120 Å². The van der Waals surface area contributed by atoms with Gasteiger partial charge in [-0.25, -0.2) is 14.8 Å². The highest BCUT2D eigenvalue weighted by atomic mass is 16.6. The molecule has 4 bridgehead atoms. The predicted octanol–water partition coefficient (Wildman–Crippen LogP) is 2.45. The van der Waals surface area contributed by atoms with Gasteiger partial charge in [-0.05, 0) is 67.9 Å². The van der Waals surface area contributed by atoms with Crippen molar-refractivity contribution in [3.05, 3.63) is 46.9 Å². The van der Waals surface area contributed by atoms with Crippen molar-refractivity contribution in [2.45, 2.75) is 50.5 Å². The van der Waals surface area contributed by atoms with Crippen molar-refractivity contribution >= 4 is 12.0 Å². The minimum Gasteiger partial charge on any atom is -0.446 e. The molecule has 184 valence electrons. The van der Waals surface area contributed by atoms with Crippen LogP contribution in [0.25, 0.3) is 11.1 Å². The number of pyridine rings is 1. The highest BCUT2D eigenvalue weighted by Crippen LogP contribution is 2.60. The second kappa shape index (κ2) is 8.17. The number of likely N-dealkylation sites (tertiary alicyclic amines) is 1. The number of carbonyl (C=O) groups excluding carboxylic acids is 2. The Bertz CT molecular complexity index is 1210. The molecule has 5 aliphatic rings. The molecule has 7 rings (SSSR count). The molecule has 2 N–H and O–H groups in total. The summed E-state index contributed by atoms with van der Waals surface area (Å²) in [5, 5.41) is 0. The van der Waals surface area contributed by atoms with Gasteiger partial charge in [-0.15, -0.1) is 0 Å². The third-order valence-electron chi connectivity index (χ3n) is 8.87. The minimum absolute atomic E-state index is 0.0527. The maximum Gasteiger partial charge on any atom is 0.410 e. The van der Waals surface area contributed by atoms with Gasteiger partial charge in [0.2, 0.25) is 5.91 Å². The molecule has 1 aliphatic heterocycles. The SMILES string of the molecule is Cn1ccc(-c2cnc(C3CCN(C(=O)OC4C5CC6C[C@@H]4CC(C(N)=O)(C6)C5)C3)nc2)cc1=O. The van der Waals surface area contributed by atoms with E-state index in [9.17, 15) is 14.4 Å². The van der Waals surface area contributed by atoms with E-state index in [1.807, 2.05) is 6.07 Å². The van der Waals surface area contributed by atoms with E-state index in [1.165, 1.54) is 4.57 Å². The first-order valence-electron chi connectivity index (χ1n) is 12.6. The van der Waals surface area contributed by atoms with Gasteiger partial charge in [-0.3, -0.25) is 9.59 Å². The van der Waals surface area contributed by atoms with Crippen LogP contribution in [-0.2, 0) is 16.6 Å². The predicted molar refractivity (Wildman–Crippen MR) is 127 cm³/mol. The Labute approximate surface area is 203 Å². The lowest BCUT2D eigenvalue weighted by Gasteiger charge is -2.58. The number of primary amides is 1. The summed E-state index contributed by atoms with van der Waals surface area (Å²) < 4.78 is 7.60. The van der Waals surface area contributed by atoms with Gasteiger partial charge in [0, 0.05) is 56.3 Å². The molecule has 2 amide bonds. The fourth-order valence-electron chi connectivity index (χ4n) is 7.23. The summed E-state index contributed by atoms with van der Waals surface area (Å²) in [5.41, 5.74) is 6.89. The van der Waals surface area contributed by atoms with E-state index in [-0.39, 0.29) is 46.8 Å². The molecule has 0 aromatic carbocycles. The number of hydrogen-bond acceptors (Lipinski definition) is 6. The van der Waals surface area contributed by atoms with Gasteiger partial charge in [0.05, 0.1) is 5.41 Å². The maximum absolute atomic E-state index is 13.1. The van der Waals surface area contributed by atoms with Gasteiger partial charge in [0.1, 0.15) is 11.9 Å². The third kappa shape index (κ3) is 3.81. The summed E-state index contributed by atoms with van der Waals surface area (Å²) in [6.45, 7) is 1.14. The van der Waals surface area contributed by atoms with Gasteiger partial charge in [0.15, 0.2) is 0 Å². The number of nitrogens with zero attached hydrogens (tertiary/aromatic N) is 4. The third-order valence-corrected chi connectivity index (χ3v) is 8.87. The van der Waals surface area contributed by atoms with Crippen molar-refractivity contribution in [3.8, 4) is 11.1 Å². The monoisotopic (exact) mass is 477 g/mol. The van der Waals surface area contributed by atoms with Crippen LogP contribution in [0.4, 0.5) is 4.79 Å². The fourth-order valence-corrected chi connectivity index (χ4v) is 7.23. The zero-order valence-electron chi connectivity index (χ0n) is 19.9. The molecule has 1 saturated heterocycles. The molecule has 0 spiro atoms. The van der Waals surface area contributed by atoms with Crippen molar-refractivity contribution < 1.29 is 14.3 Å². The number of ether oxygens (including phenoxy) is 1. The standard InChI is InChI=1S/C26H31N5O4/c1-30-4-2-16(8-21(30)32)20-12-28-23(29-13-20)17-3-5-31(14-17)25(34)35-22-18-6-15-7-19(22)11-26(9-15,10-18)24(27)33/h2,4,8,12-13,15,17-19,22H,3,5-7,9-11,14H2,1H3,(H2,27,33)/t15?,17?,18-,19?,22?,26?/m1/s1. The molecule has 3 heterocycles. The lowest BCUT2D eigenvalue weighted by atomic mass is 9.48. The van der Waals surface area contributed by atoms with E-state index in [0.29, 0.717) is 24.8 Å². The minimum atomic E-state index is -0.381. The zero-order valence-corrected chi connectivity index (χ0v) is 19.9. The first kappa shape index (κ1) is 22.2. The Hall–Kier alpha value is -3.23. The molecule has 9 nitrogen and oxygen atoms in total. The average molecular weight is 478 g/mol. The normalized spacial score (nSPS) is 33.2. The highest BCUT2D eigenvalue weighted by Gasteiger charge is 2.59. The second-order valence-electron chi connectivity index (χ2n) is 11.1. The van der Waals surface area contributed by atoms with Gasteiger partial charge in [-0.2, -0.15) is 0 Å². The fraction of sp³-hybridized carbons (Fsp3) is 0.577. The van der Waals surface area contributed by atoms with Crippen LogP contribution in [0.3, 0.4) is 0 Å². The van der Waals surface area contributed by atoms with E-state index in [1.54, 1.807) is 36.6 Å². The number of nitrogens with two attached hydrogens (primary N) is 1. The number of rotatable bonds is 4. The van der Waals surface area contributed by atoms with E-state index in [4.69, 9.17) is 10.5 Å². The van der Waals surface area contributed by atoms with E-state index >= 15 is 0 Å². The quantitative estimate of drug-likeness (QED) is 0.722. The Morgan fingerprint density at radius 3 is 2.49 bits per heavy atom. The van der Waals surface area contributed by atoms with Crippen LogP contribution in [0.5, 0.6) is 0 Å². The molecule has 5 unspecified atom stereocenters. The molecule has 4 saturated carbocycles. The van der Waals surface area contributed by atoms with Crippen LogP contribution in [0.2, 0.25) is 0 Å². The van der Waals surface area contributed by atoms with E-state index in [2.05, 4.69) is 9.97 Å². The van der Waals surface area contributed by atoms with Crippen molar-refractivity contribution in [1.29, 1.82) is 0 Å². The lowest BCUT2D eigenvalue weighted by molar-refractivity contribution is -0.161. The number of aromatic nitrogens is 3. The zero-order chi connectivity index (χ0) is 24.3. The van der Waals surface area contributed by atoms with Gasteiger partial charge >= 0.3 is 6.09 Å². The van der Waals surface area contributed by atoms with Crippen LogP contribution in [0, 0.1) is 23.2 Å². The maximum atomic E-state index is 13.1. The van der Waals surface area contributed by atoms with Crippen LogP contribution in [0.1, 0.15) is 50.3 Å². The average Bonchev–Trinajstić information content (AvgIpc) is 3.33. The molecule has 2 aromatic rings. The molecule has 4 aliphatic carbocycles. The van der Waals surface area contributed by atoms with E-state index in [0.717, 1.165) is 49.7 Å². The number of carbonyl (C=O) groups is 2. The van der Waals surface area contributed by atoms with Crippen molar-refractivity contribution in [1.82, 2.24) is 19.4 Å². The van der Waals surface area contributed by atoms with Crippen molar-refractivity contribution in [3.63, 3.8) is 0 Å². The second-order valence-corrected chi connectivity index (χ2v) is 11.1. The molecule has 0 radical (unpaired) electrons. The molecule has 2 aromatic heterocycles. The van der Waals surface area contributed by atoms with Gasteiger partial charge < -0.3 is 19.9 Å². The largest absolute Gasteiger partial charge is 0.446 e. The van der Waals surface area contributed by atoms with Crippen molar-refractivity contribution in [2.24, 2.45) is 36.0 Å². The summed E-state index contributed by atoms with van der Waals surface area (Å²) in [4.78, 5) is 48.0. The van der Waals surface area contributed by atoms with Gasteiger partial charge in [-0.1, -0.05) is 0 Å². The molecule has 6 atom stereocenters. The summed E-state index contributed by atoms with van der Waals surface area (Å²) in [7, 11) is 1.71. The summed E-state index contributed by atoms with van der Waals surface area (Å²) in [6.07, 6.45) is 10.1. The molecule has 9 heteroatoms. The molecular weight excluding hydrogens is 446 g/mol. The van der Waals surface area contributed by atoms with Crippen molar-refractivity contribution in [2.75, 3.05) is 13.1 Å². The van der Waals surface area contributed by atoms with Crippen LogP contribution < -0.4 is 11.3 Å².